The number of phenols is 1. The summed E-state index contributed by atoms with van der Waals surface area (Å²) < 4.78 is 12.9. The summed E-state index contributed by atoms with van der Waals surface area (Å²) in [5.74, 6) is 4.97. The number of benzene rings is 12. The van der Waals surface area contributed by atoms with Gasteiger partial charge < -0.3 is 14.6 Å². The Hall–Kier alpha value is -12.9. The number of ether oxygens (including phenoxy) is 2. The van der Waals surface area contributed by atoms with Crippen LogP contribution in [-0.4, -0.2) is 78.8 Å². The van der Waals surface area contributed by atoms with E-state index in [1.54, 1.807) is 12.1 Å². The summed E-state index contributed by atoms with van der Waals surface area (Å²) in [5, 5.41) is 15.6. The molecule has 1 atom stereocenters. The van der Waals surface area contributed by atoms with Gasteiger partial charge in [-0.05, 0) is 216 Å². The summed E-state index contributed by atoms with van der Waals surface area (Å²) in [6.07, 6.45) is 2.35. The van der Waals surface area contributed by atoms with Gasteiger partial charge in [0.2, 0.25) is 10.5 Å². The minimum Gasteiger partial charge on any atom is -0.507 e. The van der Waals surface area contributed by atoms with Crippen LogP contribution in [0.3, 0.4) is 0 Å². The van der Waals surface area contributed by atoms with Gasteiger partial charge >= 0.3 is 5.97 Å². The number of aldehydes is 1. The van der Waals surface area contributed by atoms with Crippen LogP contribution in [0.5, 0.6) is 17.2 Å². The van der Waals surface area contributed by atoms with Crippen molar-refractivity contribution in [3.63, 3.8) is 0 Å². The van der Waals surface area contributed by atoms with Crippen LogP contribution in [0.25, 0.3) is 135 Å². The fourth-order valence-electron chi connectivity index (χ4n) is 14.7. The number of aryl methyl sites for hydroxylation is 12. The maximum absolute atomic E-state index is 14.0. The Morgan fingerprint density at radius 2 is 0.615 bits per heavy atom. The van der Waals surface area contributed by atoms with E-state index in [9.17, 15) is 24.3 Å². The Bertz CT molecular complexity index is 6120. The number of phenolic OH excluding ortho intramolecular Hbond substituents is 1. The number of halogens is 2. The van der Waals surface area contributed by atoms with Crippen molar-refractivity contribution in [2.45, 2.75) is 134 Å². The lowest BCUT2D eigenvalue weighted by Gasteiger charge is -2.19. The van der Waals surface area contributed by atoms with Gasteiger partial charge in [-0.3, -0.25) is 19.2 Å². The van der Waals surface area contributed by atoms with Crippen molar-refractivity contribution in [1.82, 2.24) is 44.9 Å². The minimum atomic E-state index is -0.907. The summed E-state index contributed by atoms with van der Waals surface area (Å²) in [4.78, 5) is 92.5. The molecule has 15 aromatic rings. The number of carbonyl (C=O) groups is 4. The molecule has 0 aliphatic carbocycles. The topological polar surface area (TPSA) is 223 Å². The van der Waals surface area contributed by atoms with Crippen molar-refractivity contribution in [3.8, 4) is 120 Å². The van der Waals surface area contributed by atoms with E-state index in [2.05, 4.69) is 168 Å². The second kappa shape index (κ2) is 36.7. The zero-order chi connectivity index (χ0) is 82.7. The molecule has 0 saturated carbocycles. The van der Waals surface area contributed by atoms with Crippen LogP contribution in [0.4, 0.5) is 0 Å². The lowest BCUT2D eigenvalue weighted by Crippen LogP contribution is -2.20. The van der Waals surface area contributed by atoms with Crippen molar-refractivity contribution in [2.75, 3.05) is 0 Å². The van der Waals surface area contributed by atoms with Crippen LogP contribution in [0.2, 0.25) is 0 Å². The molecule has 0 fully saturated rings. The quantitative estimate of drug-likeness (QED) is 0.0219. The van der Waals surface area contributed by atoms with Gasteiger partial charge in [0.05, 0.1) is 16.7 Å². The molecule has 586 valence electrons. The molecular weight excluding hydrogens is 1500 g/mol. The van der Waals surface area contributed by atoms with E-state index in [-0.39, 0.29) is 29.1 Å². The zero-order valence-corrected chi connectivity index (χ0v) is 69.1. The van der Waals surface area contributed by atoms with Crippen LogP contribution in [0.15, 0.2) is 218 Å². The summed E-state index contributed by atoms with van der Waals surface area (Å²) >= 11 is 10.1. The summed E-state index contributed by atoms with van der Waals surface area (Å²) in [6.45, 7) is 24.7. The number of rotatable bonds is 22. The third kappa shape index (κ3) is 19.6. The molecule has 12 aromatic carbocycles. The van der Waals surface area contributed by atoms with E-state index >= 15 is 0 Å². The predicted molar refractivity (Wildman–Crippen MR) is 470 cm³/mol. The molecular formula is C99H89Cl2N9O7. The summed E-state index contributed by atoms with van der Waals surface area (Å²) in [5.41, 5.74) is 20.5. The number of esters is 1. The second-order valence-corrected chi connectivity index (χ2v) is 30.7. The highest BCUT2D eigenvalue weighted by molar-refractivity contribution is 6.63. The van der Waals surface area contributed by atoms with E-state index in [1.807, 2.05) is 121 Å². The summed E-state index contributed by atoms with van der Waals surface area (Å²) in [6, 6.07) is 72.4. The Kier molecular flexibility index (Phi) is 25.8. The van der Waals surface area contributed by atoms with Crippen molar-refractivity contribution >= 4 is 78.3 Å². The Morgan fingerprint density at radius 1 is 0.333 bits per heavy atom. The van der Waals surface area contributed by atoms with Gasteiger partial charge in [-0.15, -0.1) is 0 Å². The largest absolute Gasteiger partial charge is 0.507 e. The van der Waals surface area contributed by atoms with Crippen LogP contribution in [-0.2, 0) is 19.2 Å². The molecule has 18 heteroatoms. The fourth-order valence-corrected chi connectivity index (χ4v) is 14.9. The molecule has 0 spiro atoms. The molecule has 3 aromatic heterocycles. The molecule has 1 N–H and O–H groups in total. The first-order valence-electron chi connectivity index (χ1n) is 39.0. The Morgan fingerprint density at radius 3 is 0.932 bits per heavy atom. The van der Waals surface area contributed by atoms with Crippen molar-refractivity contribution in [2.24, 2.45) is 0 Å². The Balaban J connectivity index is 0.000000226. The lowest BCUT2D eigenvalue weighted by atomic mass is 10.0. The van der Waals surface area contributed by atoms with E-state index in [0.29, 0.717) is 113 Å². The van der Waals surface area contributed by atoms with Crippen LogP contribution in [0.1, 0.15) is 112 Å². The first-order chi connectivity index (χ1) is 56.3. The fraction of sp³-hybridized carbons (Fsp3) is 0.202. The molecule has 117 heavy (non-hydrogen) atoms. The Labute approximate surface area is 691 Å². The maximum atomic E-state index is 14.0. The number of hydrogen-bond acceptors (Lipinski definition) is 16. The second-order valence-electron chi connectivity index (χ2n) is 29.9. The van der Waals surface area contributed by atoms with Crippen molar-refractivity contribution in [1.29, 1.82) is 0 Å². The number of carbonyl (C=O) groups excluding carboxylic acids is 4. The number of fused-ring (bicyclic) bond motifs is 3. The van der Waals surface area contributed by atoms with Gasteiger partial charge in [0, 0.05) is 52.6 Å². The molecule has 15 rings (SSSR count). The first-order valence-corrected chi connectivity index (χ1v) is 39.8. The normalized spacial score (nSPS) is 11.4. The van der Waals surface area contributed by atoms with Crippen LogP contribution in [0, 0.1) is 83.1 Å². The summed E-state index contributed by atoms with van der Waals surface area (Å²) in [7, 11) is 0. The van der Waals surface area contributed by atoms with Gasteiger partial charge in [-0.1, -0.05) is 234 Å². The van der Waals surface area contributed by atoms with Gasteiger partial charge in [-0.25, -0.2) is 44.9 Å². The number of aromatic hydroxyl groups is 1. The van der Waals surface area contributed by atoms with E-state index in [0.717, 1.165) is 128 Å². The first kappa shape index (κ1) is 82.1. The average Bonchev–Trinajstić information content (AvgIpc) is 0.768. The van der Waals surface area contributed by atoms with Gasteiger partial charge in [0.15, 0.2) is 64.8 Å². The van der Waals surface area contributed by atoms with E-state index < -0.39 is 12.1 Å². The van der Waals surface area contributed by atoms with Gasteiger partial charge in [0.1, 0.15) is 17.2 Å². The molecule has 0 aliphatic rings. The smallest absolute Gasteiger partial charge is 0.311 e. The highest BCUT2D eigenvalue weighted by atomic mass is 35.5. The molecule has 0 amide bonds. The molecule has 0 saturated heterocycles. The van der Waals surface area contributed by atoms with Crippen molar-refractivity contribution < 1.29 is 33.8 Å². The number of hydrogen-bond donors (Lipinski definition) is 1. The highest BCUT2D eigenvalue weighted by Gasteiger charge is 2.26. The predicted octanol–water partition coefficient (Wildman–Crippen LogP) is 23.6. The van der Waals surface area contributed by atoms with Crippen LogP contribution >= 0.6 is 23.2 Å². The SMILES string of the molecule is Cc1ccc(-c2nc(-c3ccc(C)cc3C)nc(-c3c(O)ccc4ccccc34)n2)c(C)c1.Cc1ccc(-c2nc(-c3ccc(C)cc3C)nc(-c3c(OC(=O)CCCC(C=O)Oc4ccc5ccccc5c4-c4nc(-c5ccc(C)cc5C)nc(-c5ccc(C)cc5C)n4)ccc4ccccc34)n2)c(C)c1.O=C(Cl)CCCCC(=O)Cl. The standard InChI is InChI=1S/C64H56N6O4.C29H25N3O.C6H8Cl2O2/c1-37-20-26-48(41(5)32-37)59-65-60(49-27-21-38(2)33-42(49)6)68-63(67-59)57-52-17-11-9-14-45(52)24-30-54(57)73-47(36-71)16-13-19-56(72)74-55-31-25-46-15-10-12-18-53(46)58(55)64-69-61(50-28-22-39(3)34-43(50)7)66-62(70-64)51-29-23-40(4)35-44(51)8;1-17-9-12-22(19(3)15-17)27-30-28(23-13-10-18(2)16-20(23)4)32-29(31-27)26-24-8-6-5-7-21(24)11-14-25(26)33;7-5(9)3-1-2-4-6(8)10/h9-12,14-15,17-18,20-36,47H,13,16,19H2,1-8H3;5-16,33H,1-4H3;1-4H2. The van der Waals surface area contributed by atoms with Gasteiger partial charge in [-0.2, -0.15) is 0 Å². The third-order valence-electron chi connectivity index (χ3n) is 20.5. The number of nitrogens with zero attached hydrogens (tertiary/aromatic N) is 9. The average molecular weight is 1590 g/mol. The zero-order valence-electron chi connectivity index (χ0n) is 67.6. The molecule has 16 nitrogen and oxygen atoms in total. The van der Waals surface area contributed by atoms with Crippen molar-refractivity contribution in [3.05, 3.63) is 285 Å². The molecule has 0 bridgehead atoms. The molecule has 1 unspecified atom stereocenters. The minimum absolute atomic E-state index is 0.00928. The lowest BCUT2D eigenvalue weighted by molar-refractivity contribution is -0.134. The number of unbranched alkanes of at least 4 members (excludes halogenated alkanes) is 1. The van der Waals surface area contributed by atoms with E-state index in [1.165, 1.54) is 11.1 Å². The maximum Gasteiger partial charge on any atom is 0.311 e. The molecule has 0 radical (unpaired) electrons. The third-order valence-corrected chi connectivity index (χ3v) is 20.9. The monoisotopic (exact) mass is 1590 g/mol. The van der Waals surface area contributed by atoms with Crippen LogP contribution < -0.4 is 9.47 Å². The molecule has 3 heterocycles. The highest BCUT2D eigenvalue weighted by Crippen LogP contribution is 2.43. The molecule has 0 aliphatic heterocycles. The van der Waals surface area contributed by atoms with Gasteiger partial charge in [0.25, 0.3) is 0 Å². The number of aromatic nitrogens is 9. The van der Waals surface area contributed by atoms with E-state index in [4.69, 9.17) is 77.5 Å².